The molecule has 9 aromatic rings. The van der Waals surface area contributed by atoms with Crippen LogP contribution in [0.25, 0.3) is 87.6 Å². The van der Waals surface area contributed by atoms with Crippen LogP contribution in [0.1, 0.15) is 9.60 Å². The van der Waals surface area contributed by atoms with Crippen molar-refractivity contribution in [3.8, 4) is 33.4 Å². The van der Waals surface area contributed by atoms with E-state index in [2.05, 4.69) is 84.9 Å². The van der Waals surface area contributed by atoms with Crippen LogP contribution in [-0.4, -0.2) is 0 Å². The Labute approximate surface area is 259 Å². The third-order valence-corrected chi connectivity index (χ3v) is 8.36. The first-order chi connectivity index (χ1) is 24.2. The third kappa shape index (κ3) is 3.72. The maximum absolute atomic E-state index is 8.94. The summed E-state index contributed by atoms with van der Waals surface area (Å²) in [4.78, 5) is 0. The van der Waals surface area contributed by atoms with Gasteiger partial charge in [0.25, 0.3) is 0 Å². The van der Waals surface area contributed by atoms with Crippen molar-refractivity contribution >= 4 is 54.3 Å². The first-order valence-electron chi connectivity index (χ1n) is 17.7. The van der Waals surface area contributed by atoms with Crippen molar-refractivity contribution in [1.29, 1.82) is 0 Å². The van der Waals surface area contributed by atoms with Crippen molar-refractivity contribution in [2.24, 2.45) is 0 Å². The summed E-state index contributed by atoms with van der Waals surface area (Å²) in [6, 6.07) is 37.2. The van der Waals surface area contributed by atoms with Crippen molar-refractivity contribution < 1.29 is 14.0 Å². The molecule has 0 spiro atoms. The highest BCUT2D eigenvalue weighted by Crippen LogP contribution is 2.44. The lowest BCUT2D eigenvalue weighted by Crippen LogP contribution is -1.90. The van der Waals surface area contributed by atoms with Crippen LogP contribution in [0.5, 0.6) is 0 Å². The lowest BCUT2D eigenvalue weighted by atomic mass is 9.85. The monoisotopic (exact) mass is 553 g/mol. The number of furan rings is 1. The fourth-order valence-corrected chi connectivity index (χ4v) is 6.49. The summed E-state index contributed by atoms with van der Waals surface area (Å²) in [6.07, 6.45) is 0. The number of fused-ring (bicyclic) bond motifs is 6. The summed E-state index contributed by atoms with van der Waals surface area (Å²) in [6.45, 7) is 0. The standard InChI is InChI=1S/C42H26O/c1-2-11-27(12-3-1)40-33-13-4-6-15-35(33)41(36-16-7-5-14-34(36)40)31-24-22-28-25-30(23-21-29(28)26-31)32-18-10-20-39-42(32)37-17-8-9-19-38(37)43-39/h1-26H/i8D,9D,10D,17D,18D,19D,20D. The first-order valence-corrected chi connectivity index (χ1v) is 14.2. The van der Waals surface area contributed by atoms with Gasteiger partial charge in [-0.25, -0.2) is 0 Å². The maximum atomic E-state index is 8.94. The minimum atomic E-state index is -0.441. The van der Waals surface area contributed by atoms with E-state index in [1.807, 2.05) is 30.3 Å². The van der Waals surface area contributed by atoms with Gasteiger partial charge in [-0.1, -0.05) is 133 Å². The molecule has 0 fully saturated rings. The predicted octanol–water partition coefficient (Wildman–Crippen LogP) is 12.0. The summed E-state index contributed by atoms with van der Waals surface area (Å²) in [7, 11) is 0. The smallest absolute Gasteiger partial charge is 0.136 e. The van der Waals surface area contributed by atoms with E-state index < -0.39 is 12.1 Å². The first kappa shape index (κ1) is 18.0. The second-order valence-electron chi connectivity index (χ2n) is 10.7. The van der Waals surface area contributed by atoms with Crippen molar-refractivity contribution in [2.45, 2.75) is 0 Å². The minimum absolute atomic E-state index is 0.0313. The van der Waals surface area contributed by atoms with Crippen LogP contribution in [-0.2, 0) is 0 Å². The summed E-state index contributed by atoms with van der Waals surface area (Å²) >= 11 is 0. The van der Waals surface area contributed by atoms with E-state index in [1.54, 1.807) is 0 Å². The molecule has 1 heterocycles. The zero-order valence-corrected chi connectivity index (χ0v) is 22.9. The lowest BCUT2D eigenvalue weighted by Gasteiger charge is -2.18. The fraction of sp³-hybridized carbons (Fsp3) is 0. The summed E-state index contributed by atoms with van der Waals surface area (Å²) in [5, 5.41) is 6.85. The second kappa shape index (κ2) is 9.44. The van der Waals surface area contributed by atoms with Crippen LogP contribution in [0.3, 0.4) is 0 Å². The van der Waals surface area contributed by atoms with Crippen molar-refractivity contribution in [2.75, 3.05) is 0 Å². The zero-order valence-electron chi connectivity index (χ0n) is 29.9. The minimum Gasteiger partial charge on any atom is -0.456 e. The molecule has 0 bridgehead atoms. The van der Waals surface area contributed by atoms with E-state index in [4.69, 9.17) is 14.0 Å². The topological polar surface area (TPSA) is 13.1 Å². The molecular formula is C42H26O. The Kier molecular flexibility index (Phi) is 3.95. The van der Waals surface area contributed by atoms with Gasteiger partial charge >= 0.3 is 0 Å². The molecule has 0 aliphatic heterocycles. The molecule has 0 unspecified atom stereocenters. The van der Waals surface area contributed by atoms with Crippen LogP contribution in [0.4, 0.5) is 0 Å². The Morgan fingerprint density at radius 2 is 0.977 bits per heavy atom. The molecular weight excluding hydrogens is 520 g/mol. The van der Waals surface area contributed by atoms with E-state index in [0.29, 0.717) is 11.1 Å². The molecule has 1 heteroatoms. The number of rotatable bonds is 3. The molecule has 0 aliphatic carbocycles. The molecule has 1 nitrogen and oxygen atoms in total. The largest absolute Gasteiger partial charge is 0.456 e. The molecule has 0 amide bonds. The molecule has 9 rings (SSSR count). The van der Waals surface area contributed by atoms with Gasteiger partial charge in [0.2, 0.25) is 0 Å². The SMILES string of the molecule is [2H]c1c([2H])c([2H])c2c(oc3c([2H])c([2H])c([2H])c(-c4ccc5cc(-c6c7ccccc7c(-c7ccccc7)c7ccccc67)ccc5c4)c32)c1[2H]. The maximum Gasteiger partial charge on any atom is 0.136 e. The van der Waals surface area contributed by atoms with E-state index in [9.17, 15) is 0 Å². The van der Waals surface area contributed by atoms with Gasteiger partial charge in [-0.05, 0) is 89.9 Å². The van der Waals surface area contributed by atoms with Crippen LogP contribution >= 0.6 is 0 Å². The Hall–Kier alpha value is -5.66. The number of para-hydroxylation sites is 1. The molecule has 0 N–H and O–H groups in total. The summed E-state index contributed by atoms with van der Waals surface area (Å²) < 4.78 is 65.5. The van der Waals surface area contributed by atoms with E-state index in [-0.39, 0.29) is 52.2 Å². The highest BCUT2D eigenvalue weighted by atomic mass is 16.3. The molecule has 0 aliphatic rings. The highest BCUT2D eigenvalue weighted by Gasteiger charge is 2.17. The lowest BCUT2D eigenvalue weighted by molar-refractivity contribution is 0.669. The summed E-state index contributed by atoms with van der Waals surface area (Å²) in [5.41, 5.74) is 5.33. The quantitative estimate of drug-likeness (QED) is 0.198. The number of benzene rings is 8. The van der Waals surface area contributed by atoms with Gasteiger partial charge in [0.15, 0.2) is 0 Å². The number of hydrogen-bond donors (Lipinski definition) is 0. The van der Waals surface area contributed by atoms with E-state index in [0.717, 1.165) is 38.2 Å². The van der Waals surface area contributed by atoms with Crippen LogP contribution in [0.15, 0.2) is 162 Å². The Bertz CT molecular complexity index is 2840. The Balaban J connectivity index is 1.28. The zero-order chi connectivity index (χ0) is 34.4. The van der Waals surface area contributed by atoms with Gasteiger partial charge in [0, 0.05) is 10.8 Å². The van der Waals surface area contributed by atoms with Gasteiger partial charge in [-0.15, -0.1) is 0 Å². The van der Waals surface area contributed by atoms with E-state index in [1.165, 1.54) is 16.3 Å². The van der Waals surface area contributed by atoms with Gasteiger partial charge in [0.05, 0.1) is 9.60 Å². The average molecular weight is 554 g/mol. The van der Waals surface area contributed by atoms with Gasteiger partial charge in [0.1, 0.15) is 11.2 Å². The van der Waals surface area contributed by atoms with Gasteiger partial charge in [-0.3, -0.25) is 0 Å². The molecule has 43 heavy (non-hydrogen) atoms. The number of hydrogen-bond acceptors (Lipinski definition) is 1. The second-order valence-corrected chi connectivity index (χ2v) is 10.7. The molecule has 0 atom stereocenters. The molecule has 0 saturated carbocycles. The Morgan fingerprint density at radius 3 is 1.67 bits per heavy atom. The predicted molar refractivity (Wildman–Crippen MR) is 183 cm³/mol. The van der Waals surface area contributed by atoms with Crippen LogP contribution in [0, 0.1) is 0 Å². The van der Waals surface area contributed by atoms with Crippen LogP contribution in [0.2, 0.25) is 0 Å². The Morgan fingerprint density at radius 1 is 0.419 bits per heavy atom. The summed E-state index contributed by atoms with van der Waals surface area (Å²) in [5.74, 6) is 0. The van der Waals surface area contributed by atoms with Crippen molar-refractivity contribution in [1.82, 2.24) is 0 Å². The molecule has 8 aromatic carbocycles. The van der Waals surface area contributed by atoms with Crippen molar-refractivity contribution in [3.63, 3.8) is 0 Å². The van der Waals surface area contributed by atoms with Crippen LogP contribution < -0.4 is 0 Å². The average Bonchev–Trinajstić information content (AvgIpc) is 3.55. The normalized spacial score (nSPS) is 14.0. The molecule has 0 saturated heterocycles. The highest BCUT2D eigenvalue weighted by molar-refractivity contribution is 6.22. The third-order valence-electron chi connectivity index (χ3n) is 8.36. The van der Waals surface area contributed by atoms with Crippen molar-refractivity contribution in [3.05, 3.63) is 158 Å². The molecule has 1 aromatic heterocycles. The van der Waals surface area contributed by atoms with Gasteiger partial charge in [-0.2, -0.15) is 0 Å². The van der Waals surface area contributed by atoms with Gasteiger partial charge < -0.3 is 4.42 Å². The van der Waals surface area contributed by atoms with E-state index >= 15 is 0 Å². The molecule has 200 valence electrons. The molecule has 0 radical (unpaired) electrons. The fourth-order valence-electron chi connectivity index (χ4n) is 6.49.